The van der Waals surface area contributed by atoms with E-state index < -0.39 is 0 Å². The Hall–Kier alpha value is -1.08. The summed E-state index contributed by atoms with van der Waals surface area (Å²) in [4.78, 5) is 2.45. The zero-order chi connectivity index (χ0) is 20.2. The fourth-order valence-corrected chi connectivity index (χ4v) is 4.84. The largest absolute Gasteiger partial charge is 0.371 e. The summed E-state index contributed by atoms with van der Waals surface area (Å²) < 4.78 is 1.71. The van der Waals surface area contributed by atoms with Crippen molar-refractivity contribution in [3.8, 4) is 0 Å². The number of hydrogen-bond acceptors (Lipinski definition) is 4. The van der Waals surface area contributed by atoms with Crippen LogP contribution in [0.1, 0.15) is 36.8 Å². The first-order chi connectivity index (χ1) is 13.6. The van der Waals surface area contributed by atoms with E-state index in [2.05, 4.69) is 73.0 Å². The van der Waals surface area contributed by atoms with Crippen molar-refractivity contribution in [3.05, 3.63) is 59.7 Å². The second-order valence-electron chi connectivity index (χ2n) is 6.58. The van der Waals surface area contributed by atoms with E-state index in [-0.39, 0.29) is 0 Å². The third kappa shape index (κ3) is 8.95. The predicted molar refractivity (Wildman–Crippen MR) is 134 cm³/mol. The van der Waals surface area contributed by atoms with Crippen molar-refractivity contribution in [3.63, 3.8) is 0 Å². The topological polar surface area (TPSA) is 24.1 Å². The Kier molecular flexibility index (Phi) is 10.9. The fraction of sp³-hybridized carbons (Fsp3) is 0.364. The Labute approximate surface area is 188 Å². The van der Waals surface area contributed by atoms with Gasteiger partial charge < -0.3 is 10.6 Å². The van der Waals surface area contributed by atoms with Crippen molar-refractivity contribution in [1.82, 2.24) is 10.6 Å². The molecule has 0 aliphatic rings. The summed E-state index contributed by atoms with van der Waals surface area (Å²) in [5.41, 5.74) is 2.53. The van der Waals surface area contributed by atoms with Crippen molar-refractivity contribution in [2.75, 3.05) is 13.1 Å². The molecule has 0 aromatic heterocycles. The van der Waals surface area contributed by atoms with Crippen molar-refractivity contribution in [2.24, 2.45) is 0 Å². The minimum atomic E-state index is 0.856. The highest BCUT2D eigenvalue weighted by molar-refractivity contribution is 8.23. The first-order valence-corrected chi connectivity index (χ1v) is 12.0. The third-order valence-electron chi connectivity index (χ3n) is 4.23. The summed E-state index contributed by atoms with van der Waals surface area (Å²) in [6.45, 7) is 6.10. The van der Waals surface area contributed by atoms with Crippen LogP contribution < -0.4 is 10.6 Å². The van der Waals surface area contributed by atoms with Crippen LogP contribution in [-0.2, 0) is 0 Å². The molecule has 2 rings (SSSR count). The third-order valence-corrected chi connectivity index (χ3v) is 7.04. The molecule has 2 nitrogen and oxygen atoms in total. The Morgan fingerprint density at radius 2 is 1.07 bits per heavy atom. The second kappa shape index (κ2) is 13.2. The zero-order valence-corrected chi connectivity index (χ0v) is 19.8. The molecule has 0 atom stereocenters. The molecule has 0 amide bonds. The van der Waals surface area contributed by atoms with Crippen LogP contribution in [0.15, 0.2) is 58.3 Å². The van der Waals surface area contributed by atoms with E-state index in [1.807, 2.05) is 0 Å². The molecule has 0 aliphatic heterocycles. The van der Waals surface area contributed by atoms with Gasteiger partial charge in [-0.2, -0.15) is 0 Å². The van der Waals surface area contributed by atoms with Crippen LogP contribution >= 0.6 is 48.0 Å². The van der Waals surface area contributed by atoms with Crippen molar-refractivity contribution >= 4 is 56.6 Å². The van der Waals surface area contributed by atoms with E-state index >= 15 is 0 Å². The summed E-state index contributed by atoms with van der Waals surface area (Å²) in [6.07, 6.45) is 4.67. The molecule has 0 saturated heterocycles. The highest BCUT2D eigenvalue weighted by atomic mass is 32.2. The standard InChI is InChI=1S/C22H28N2S4/c1-17-11-5-7-13-19(17)27-21(25)23-15-9-3-4-10-16-24-22(26)28-20-14-8-6-12-18(20)2/h5-8,11-14H,3-4,9-10,15-16H2,1-2H3,(H,23,25)(H,24,26). The minimum Gasteiger partial charge on any atom is -0.371 e. The number of thioether (sulfide) groups is 2. The van der Waals surface area contributed by atoms with E-state index in [0.717, 1.165) is 34.6 Å². The quantitative estimate of drug-likeness (QED) is 0.258. The van der Waals surface area contributed by atoms with E-state index in [9.17, 15) is 0 Å². The molecule has 0 fully saturated rings. The molecule has 6 heteroatoms. The van der Waals surface area contributed by atoms with Gasteiger partial charge in [0.25, 0.3) is 0 Å². The Balaban J connectivity index is 1.48. The van der Waals surface area contributed by atoms with Crippen LogP contribution in [0.2, 0.25) is 0 Å². The lowest BCUT2D eigenvalue weighted by Crippen LogP contribution is -2.20. The van der Waals surface area contributed by atoms with Crippen LogP contribution in [0.4, 0.5) is 0 Å². The van der Waals surface area contributed by atoms with Crippen LogP contribution in [0.3, 0.4) is 0 Å². The van der Waals surface area contributed by atoms with Gasteiger partial charge in [-0.1, -0.05) is 97.2 Å². The molecule has 0 aliphatic carbocycles. The van der Waals surface area contributed by atoms with Crippen LogP contribution in [0, 0.1) is 13.8 Å². The summed E-state index contributed by atoms with van der Waals surface area (Å²) in [5, 5.41) is 6.71. The maximum Gasteiger partial charge on any atom is 0.138 e. The zero-order valence-electron chi connectivity index (χ0n) is 16.5. The lowest BCUT2D eigenvalue weighted by atomic mass is 10.2. The van der Waals surface area contributed by atoms with Gasteiger partial charge in [0.15, 0.2) is 0 Å². The van der Waals surface area contributed by atoms with Gasteiger partial charge in [-0.3, -0.25) is 0 Å². The van der Waals surface area contributed by atoms with Gasteiger partial charge in [0.05, 0.1) is 0 Å². The van der Waals surface area contributed by atoms with E-state index in [1.54, 1.807) is 23.5 Å². The normalized spacial score (nSPS) is 10.5. The highest BCUT2D eigenvalue weighted by Gasteiger charge is 2.03. The van der Waals surface area contributed by atoms with Gasteiger partial charge in [-0.05, 0) is 49.9 Å². The van der Waals surface area contributed by atoms with E-state index in [4.69, 9.17) is 24.4 Å². The molecule has 0 heterocycles. The molecule has 2 aromatic rings. The second-order valence-corrected chi connectivity index (χ2v) is 10.0. The van der Waals surface area contributed by atoms with Crippen molar-refractivity contribution in [2.45, 2.75) is 49.3 Å². The van der Waals surface area contributed by atoms with Crippen LogP contribution in [0.25, 0.3) is 0 Å². The molecule has 28 heavy (non-hydrogen) atoms. The number of aryl methyl sites for hydroxylation is 2. The van der Waals surface area contributed by atoms with Gasteiger partial charge in [-0.25, -0.2) is 0 Å². The number of thiocarbonyl (C=S) groups is 2. The lowest BCUT2D eigenvalue weighted by molar-refractivity contribution is 0.628. The SMILES string of the molecule is Cc1ccccc1SC(=S)NCCCCCCNC(=S)Sc1ccccc1C. The van der Waals surface area contributed by atoms with Gasteiger partial charge >= 0.3 is 0 Å². The Bertz CT molecular complexity index is 711. The highest BCUT2D eigenvalue weighted by Crippen LogP contribution is 2.23. The van der Waals surface area contributed by atoms with Gasteiger partial charge in [-0.15, -0.1) is 0 Å². The summed E-state index contributed by atoms with van der Waals surface area (Å²) in [7, 11) is 0. The maximum absolute atomic E-state index is 5.43. The first kappa shape index (κ1) is 23.2. The predicted octanol–water partition coefficient (Wildman–Crippen LogP) is 6.50. The Morgan fingerprint density at radius 1 is 0.679 bits per heavy atom. The van der Waals surface area contributed by atoms with Gasteiger partial charge in [0, 0.05) is 22.9 Å². The number of unbranched alkanes of at least 4 members (excludes halogenated alkanes) is 3. The summed E-state index contributed by atoms with van der Waals surface area (Å²) >= 11 is 14.1. The molecular formula is C22H28N2S4. The molecule has 2 N–H and O–H groups in total. The summed E-state index contributed by atoms with van der Waals surface area (Å²) in [5.74, 6) is 0. The van der Waals surface area contributed by atoms with Crippen LogP contribution in [-0.4, -0.2) is 21.7 Å². The van der Waals surface area contributed by atoms with Crippen molar-refractivity contribution in [1.29, 1.82) is 0 Å². The van der Waals surface area contributed by atoms with Crippen molar-refractivity contribution < 1.29 is 0 Å². The maximum atomic E-state index is 5.43. The fourth-order valence-electron chi connectivity index (χ4n) is 2.60. The minimum absolute atomic E-state index is 0.856. The van der Waals surface area contributed by atoms with Gasteiger partial charge in [0.2, 0.25) is 0 Å². The molecular weight excluding hydrogens is 421 g/mol. The number of benzene rings is 2. The molecule has 0 radical (unpaired) electrons. The molecule has 0 saturated carbocycles. The van der Waals surface area contributed by atoms with Crippen LogP contribution in [0.5, 0.6) is 0 Å². The number of nitrogens with one attached hydrogen (secondary N) is 2. The lowest BCUT2D eigenvalue weighted by Gasteiger charge is -2.10. The molecule has 0 bridgehead atoms. The number of hydrogen-bond donors (Lipinski definition) is 2. The monoisotopic (exact) mass is 448 g/mol. The molecule has 2 aromatic carbocycles. The average molecular weight is 449 g/mol. The van der Waals surface area contributed by atoms with Gasteiger partial charge in [0.1, 0.15) is 8.64 Å². The smallest absolute Gasteiger partial charge is 0.138 e. The molecule has 150 valence electrons. The number of rotatable bonds is 9. The van der Waals surface area contributed by atoms with E-state index in [0.29, 0.717) is 0 Å². The Morgan fingerprint density at radius 3 is 1.46 bits per heavy atom. The van der Waals surface area contributed by atoms with E-state index in [1.165, 1.54) is 33.8 Å². The summed E-state index contributed by atoms with van der Waals surface area (Å²) in [6, 6.07) is 16.7. The molecule has 0 spiro atoms. The molecule has 0 unspecified atom stereocenters. The first-order valence-electron chi connectivity index (χ1n) is 9.59. The average Bonchev–Trinajstić information content (AvgIpc) is 2.67.